The predicted octanol–water partition coefficient (Wildman–Crippen LogP) is 5.25. The highest BCUT2D eigenvalue weighted by atomic mass is 15.1. The number of rotatable bonds is 4. The number of piperidine rings is 1. The van der Waals surface area contributed by atoms with E-state index in [-0.39, 0.29) is 0 Å². The van der Waals surface area contributed by atoms with Crippen molar-refractivity contribution in [3.05, 3.63) is 53.9 Å². The highest BCUT2D eigenvalue weighted by Crippen LogP contribution is 2.53. The zero-order valence-corrected chi connectivity index (χ0v) is 15.0. The maximum atomic E-state index is 4.62. The van der Waals surface area contributed by atoms with Gasteiger partial charge in [-0.2, -0.15) is 0 Å². The minimum absolute atomic E-state index is 0.584. The Morgan fingerprint density at radius 3 is 2.29 bits per heavy atom. The van der Waals surface area contributed by atoms with Gasteiger partial charge in [0.2, 0.25) is 0 Å². The smallest absolute Gasteiger partial charge is 0.0550 e. The molecular weight excluding hydrogens is 292 g/mol. The summed E-state index contributed by atoms with van der Waals surface area (Å²) in [6.07, 6.45) is 7.70. The van der Waals surface area contributed by atoms with Crippen LogP contribution < -0.4 is 0 Å². The van der Waals surface area contributed by atoms with E-state index in [4.69, 9.17) is 0 Å². The fourth-order valence-electron chi connectivity index (χ4n) is 3.90. The molecule has 2 nitrogen and oxygen atoms in total. The first-order valence-electron chi connectivity index (χ1n) is 9.41. The Kier molecular flexibility index (Phi) is 4.17. The molecule has 0 unspecified atom stereocenters. The third-order valence-electron chi connectivity index (χ3n) is 5.99. The van der Waals surface area contributed by atoms with Crippen molar-refractivity contribution in [1.82, 2.24) is 9.88 Å². The molecule has 4 rings (SSSR count). The van der Waals surface area contributed by atoms with Gasteiger partial charge in [0.05, 0.1) is 5.69 Å². The van der Waals surface area contributed by atoms with Crippen molar-refractivity contribution in [2.75, 3.05) is 13.1 Å². The van der Waals surface area contributed by atoms with Crippen LogP contribution in [0.15, 0.2) is 42.6 Å². The maximum Gasteiger partial charge on any atom is 0.0550 e. The predicted molar refractivity (Wildman–Crippen MR) is 99.9 cm³/mol. The van der Waals surface area contributed by atoms with Gasteiger partial charge in [0.25, 0.3) is 0 Å². The molecule has 0 N–H and O–H groups in total. The lowest BCUT2D eigenvalue weighted by atomic mass is 9.93. The summed E-state index contributed by atoms with van der Waals surface area (Å²) in [4.78, 5) is 7.20. The molecule has 2 aliphatic rings. The van der Waals surface area contributed by atoms with Crippen LogP contribution in [-0.4, -0.2) is 23.0 Å². The molecule has 0 bridgehead atoms. The Bertz CT molecular complexity index is 688. The fourth-order valence-corrected chi connectivity index (χ4v) is 3.90. The molecule has 1 saturated carbocycles. The molecule has 1 aromatic carbocycles. The van der Waals surface area contributed by atoms with Crippen molar-refractivity contribution >= 4 is 0 Å². The summed E-state index contributed by atoms with van der Waals surface area (Å²) in [5.41, 5.74) is 5.93. The number of pyridine rings is 1. The summed E-state index contributed by atoms with van der Waals surface area (Å²) in [7, 11) is 0. The summed E-state index contributed by atoms with van der Waals surface area (Å²) < 4.78 is 0. The van der Waals surface area contributed by atoms with Crippen LogP contribution in [0.2, 0.25) is 0 Å². The van der Waals surface area contributed by atoms with Crippen LogP contribution in [0.5, 0.6) is 0 Å². The van der Waals surface area contributed by atoms with E-state index in [1.54, 1.807) is 0 Å². The molecular formula is C22H28N2. The molecule has 0 amide bonds. The number of hydrogen-bond acceptors (Lipinski definition) is 2. The highest BCUT2D eigenvalue weighted by Gasteiger charge is 2.44. The first kappa shape index (κ1) is 15.8. The number of benzene rings is 1. The van der Waals surface area contributed by atoms with Gasteiger partial charge in [0.15, 0.2) is 0 Å². The quantitative estimate of drug-likeness (QED) is 0.765. The second kappa shape index (κ2) is 6.33. The average molecular weight is 320 g/mol. The van der Waals surface area contributed by atoms with Gasteiger partial charge in [-0.3, -0.25) is 9.88 Å². The minimum Gasteiger partial charge on any atom is -0.297 e. The summed E-state index contributed by atoms with van der Waals surface area (Å²) in [5.74, 6) is 0.584. The van der Waals surface area contributed by atoms with E-state index in [9.17, 15) is 0 Å². The fraction of sp³-hybridized carbons (Fsp3) is 0.500. The molecule has 2 aromatic rings. The van der Waals surface area contributed by atoms with Crippen LogP contribution in [0.25, 0.3) is 11.1 Å². The molecule has 2 heterocycles. The van der Waals surface area contributed by atoms with Gasteiger partial charge in [-0.15, -0.1) is 0 Å². The topological polar surface area (TPSA) is 16.1 Å². The van der Waals surface area contributed by atoms with Crippen LogP contribution in [-0.2, 0) is 6.54 Å². The Hall–Kier alpha value is -1.67. The molecule has 1 aliphatic carbocycles. The standard InChI is InChI=1S/C22H28N2/c1-17(2)18-3-5-19(6-4-18)20-7-12-23-21(15-20)16-24-13-10-22(8-9-22)11-14-24/h3-7,12,15,17H,8-11,13-14,16H2,1-2H3. The van der Waals surface area contributed by atoms with Gasteiger partial charge < -0.3 is 0 Å². The molecule has 2 fully saturated rings. The van der Waals surface area contributed by atoms with E-state index in [0.717, 1.165) is 12.0 Å². The van der Waals surface area contributed by atoms with E-state index >= 15 is 0 Å². The maximum absolute atomic E-state index is 4.62. The Balaban J connectivity index is 1.45. The van der Waals surface area contributed by atoms with Crippen molar-refractivity contribution in [3.63, 3.8) is 0 Å². The summed E-state index contributed by atoms with van der Waals surface area (Å²) in [6, 6.07) is 13.4. The van der Waals surface area contributed by atoms with E-state index in [1.807, 2.05) is 6.20 Å². The van der Waals surface area contributed by atoms with Crippen LogP contribution in [0.1, 0.15) is 56.7 Å². The van der Waals surface area contributed by atoms with Crippen LogP contribution >= 0.6 is 0 Å². The van der Waals surface area contributed by atoms with Gasteiger partial charge in [-0.1, -0.05) is 38.1 Å². The Labute approximate surface area is 145 Å². The van der Waals surface area contributed by atoms with Gasteiger partial charge in [-0.05, 0) is 78.9 Å². The largest absolute Gasteiger partial charge is 0.297 e. The molecule has 0 atom stereocenters. The van der Waals surface area contributed by atoms with E-state index in [0.29, 0.717) is 5.92 Å². The first-order chi connectivity index (χ1) is 11.6. The zero-order valence-electron chi connectivity index (χ0n) is 15.0. The lowest BCUT2D eigenvalue weighted by molar-refractivity contribution is 0.164. The average Bonchev–Trinajstić information content (AvgIpc) is 3.37. The number of likely N-dealkylation sites (tertiary alicyclic amines) is 1. The molecule has 24 heavy (non-hydrogen) atoms. The highest BCUT2D eigenvalue weighted by molar-refractivity contribution is 5.63. The van der Waals surface area contributed by atoms with Crippen LogP contribution in [0.4, 0.5) is 0 Å². The van der Waals surface area contributed by atoms with Gasteiger partial charge in [-0.25, -0.2) is 0 Å². The number of aromatic nitrogens is 1. The first-order valence-corrected chi connectivity index (χ1v) is 9.41. The summed E-state index contributed by atoms with van der Waals surface area (Å²) >= 11 is 0. The number of nitrogens with zero attached hydrogens (tertiary/aromatic N) is 2. The van der Waals surface area contributed by atoms with E-state index in [1.165, 1.54) is 61.2 Å². The third kappa shape index (κ3) is 3.39. The molecule has 126 valence electrons. The van der Waals surface area contributed by atoms with Gasteiger partial charge in [0.1, 0.15) is 0 Å². The molecule has 1 saturated heterocycles. The van der Waals surface area contributed by atoms with Crippen molar-refractivity contribution in [2.45, 2.75) is 52.0 Å². The Morgan fingerprint density at radius 1 is 0.958 bits per heavy atom. The molecule has 1 spiro atoms. The molecule has 1 aromatic heterocycles. The van der Waals surface area contributed by atoms with Gasteiger partial charge >= 0.3 is 0 Å². The second-order valence-corrected chi connectivity index (χ2v) is 8.09. The monoisotopic (exact) mass is 320 g/mol. The summed E-state index contributed by atoms with van der Waals surface area (Å²) in [6.45, 7) is 7.96. The summed E-state index contributed by atoms with van der Waals surface area (Å²) in [5, 5.41) is 0. The van der Waals surface area contributed by atoms with Crippen LogP contribution in [0, 0.1) is 5.41 Å². The van der Waals surface area contributed by atoms with Crippen LogP contribution in [0.3, 0.4) is 0 Å². The zero-order chi connectivity index (χ0) is 16.6. The lowest BCUT2D eigenvalue weighted by Gasteiger charge is -2.31. The number of hydrogen-bond donors (Lipinski definition) is 0. The second-order valence-electron chi connectivity index (χ2n) is 8.09. The minimum atomic E-state index is 0.584. The Morgan fingerprint density at radius 2 is 1.67 bits per heavy atom. The lowest BCUT2D eigenvalue weighted by Crippen LogP contribution is -2.34. The molecule has 0 radical (unpaired) electrons. The van der Waals surface area contributed by atoms with Crippen molar-refractivity contribution in [3.8, 4) is 11.1 Å². The van der Waals surface area contributed by atoms with Gasteiger partial charge in [0, 0.05) is 12.7 Å². The van der Waals surface area contributed by atoms with E-state index < -0.39 is 0 Å². The SMILES string of the molecule is CC(C)c1ccc(-c2ccnc(CN3CCC4(CC3)CC4)c2)cc1. The molecule has 1 aliphatic heterocycles. The normalized spacial score (nSPS) is 19.8. The van der Waals surface area contributed by atoms with Crippen molar-refractivity contribution in [1.29, 1.82) is 0 Å². The van der Waals surface area contributed by atoms with E-state index in [2.05, 4.69) is 60.1 Å². The van der Waals surface area contributed by atoms with Crippen molar-refractivity contribution in [2.24, 2.45) is 5.41 Å². The third-order valence-corrected chi connectivity index (χ3v) is 5.99. The van der Waals surface area contributed by atoms with Crippen molar-refractivity contribution < 1.29 is 0 Å². The molecule has 2 heteroatoms.